The van der Waals surface area contributed by atoms with E-state index in [2.05, 4.69) is 225 Å². The fourth-order valence-electron chi connectivity index (χ4n) is 8.97. The van der Waals surface area contributed by atoms with Crippen molar-refractivity contribution >= 4 is 77.7 Å². The Morgan fingerprint density at radius 3 is 1.22 bits per heavy atom. The van der Waals surface area contributed by atoms with Gasteiger partial charge in [-0.1, -0.05) is 121 Å². The molecule has 5 nitrogen and oxygen atoms in total. The molecule has 0 atom stereocenters. The van der Waals surface area contributed by atoms with Crippen molar-refractivity contribution in [3.8, 4) is 17.4 Å². The first-order valence-electron chi connectivity index (χ1n) is 20.2. The summed E-state index contributed by atoms with van der Waals surface area (Å²) in [5, 5.41) is 15.5. The first-order chi connectivity index (χ1) is 29.8. The van der Waals surface area contributed by atoms with Crippen molar-refractivity contribution in [2.24, 2.45) is 0 Å². The van der Waals surface area contributed by atoms with Crippen molar-refractivity contribution in [1.82, 2.24) is 9.13 Å². The summed E-state index contributed by atoms with van der Waals surface area (Å²) in [6.07, 6.45) is 0. The van der Waals surface area contributed by atoms with Gasteiger partial charge in [-0.2, -0.15) is 5.26 Å². The van der Waals surface area contributed by atoms with Gasteiger partial charge in [0.2, 0.25) is 0 Å². The molecule has 0 radical (unpaired) electrons. The molecule has 60 heavy (non-hydrogen) atoms. The zero-order valence-electron chi connectivity index (χ0n) is 32.6. The van der Waals surface area contributed by atoms with Gasteiger partial charge in [0.15, 0.2) is 0 Å². The third-order valence-electron chi connectivity index (χ3n) is 11.5. The largest absolute Gasteiger partial charge is 0.310 e. The SMILES string of the molecule is N#Cc1c2c3ccccc3n(-c3cccc(N(c4ccccc4)c4ccccc4)c3)c2cc2c3ccccc3n(-c3cccc(N(c4ccccc4)c4ccccc4)c3)c12. The zero-order valence-corrected chi connectivity index (χ0v) is 32.6. The highest BCUT2D eigenvalue weighted by atomic mass is 15.2. The zero-order chi connectivity index (χ0) is 40.0. The van der Waals surface area contributed by atoms with Crippen molar-refractivity contribution < 1.29 is 0 Å². The lowest BCUT2D eigenvalue weighted by Crippen LogP contribution is -2.10. The number of hydrogen-bond acceptors (Lipinski definition) is 3. The first kappa shape index (κ1) is 34.9. The van der Waals surface area contributed by atoms with Crippen molar-refractivity contribution in [2.75, 3.05) is 9.80 Å². The molecule has 2 heterocycles. The number of hydrogen-bond donors (Lipinski definition) is 0. The molecule has 0 aliphatic carbocycles. The van der Waals surface area contributed by atoms with Gasteiger partial charge in [-0.15, -0.1) is 0 Å². The summed E-state index contributed by atoms with van der Waals surface area (Å²) >= 11 is 0. The molecule has 0 saturated carbocycles. The number of para-hydroxylation sites is 6. The minimum absolute atomic E-state index is 0.647. The number of anilines is 6. The van der Waals surface area contributed by atoms with Crippen LogP contribution in [0.4, 0.5) is 34.1 Å². The summed E-state index contributed by atoms with van der Waals surface area (Å²) in [7, 11) is 0. The van der Waals surface area contributed by atoms with Gasteiger partial charge in [0, 0.05) is 67.0 Å². The quantitative estimate of drug-likeness (QED) is 0.155. The van der Waals surface area contributed by atoms with E-state index in [1.165, 1.54) is 0 Å². The van der Waals surface area contributed by atoms with Crippen LogP contribution in [0.15, 0.2) is 224 Å². The van der Waals surface area contributed by atoms with Crippen molar-refractivity contribution in [3.63, 3.8) is 0 Å². The lowest BCUT2D eigenvalue weighted by atomic mass is 10.0. The van der Waals surface area contributed by atoms with Crippen LogP contribution in [0.25, 0.3) is 55.0 Å². The maximum atomic E-state index is 11.4. The molecular weight excluding hydrogens is 731 g/mol. The fraction of sp³-hybridized carbons (Fsp3) is 0. The Hall–Kier alpha value is -8.33. The molecular formula is C55H37N5. The smallest absolute Gasteiger partial charge is 0.102 e. The highest BCUT2D eigenvalue weighted by Gasteiger charge is 2.24. The molecule has 11 aromatic rings. The summed E-state index contributed by atoms with van der Waals surface area (Å²) in [5.74, 6) is 0. The van der Waals surface area contributed by atoms with E-state index in [0.29, 0.717) is 5.56 Å². The van der Waals surface area contributed by atoms with Crippen LogP contribution in [0.2, 0.25) is 0 Å². The van der Waals surface area contributed by atoms with Crippen LogP contribution in [-0.2, 0) is 0 Å². The van der Waals surface area contributed by atoms with Gasteiger partial charge in [-0.3, -0.25) is 0 Å². The van der Waals surface area contributed by atoms with E-state index in [9.17, 15) is 5.26 Å². The van der Waals surface area contributed by atoms with E-state index in [0.717, 1.165) is 89.1 Å². The molecule has 0 unspecified atom stereocenters. The second kappa shape index (κ2) is 14.6. The predicted octanol–water partition coefficient (Wildman–Crippen LogP) is 14.7. The van der Waals surface area contributed by atoms with E-state index in [1.807, 2.05) is 24.3 Å². The van der Waals surface area contributed by atoms with Gasteiger partial charge in [0.25, 0.3) is 0 Å². The minimum Gasteiger partial charge on any atom is -0.310 e. The topological polar surface area (TPSA) is 40.1 Å². The maximum Gasteiger partial charge on any atom is 0.102 e. The van der Waals surface area contributed by atoms with Crippen LogP contribution in [0.1, 0.15) is 5.56 Å². The second-order valence-electron chi connectivity index (χ2n) is 14.9. The van der Waals surface area contributed by atoms with Crippen molar-refractivity contribution in [2.45, 2.75) is 0 Å². The third kappa shape index (κ3) is 5.70. The molecule has 0 aliphatic rings. The number of nitrogens with zero attached hydrogens (tertiary/aromatic N) is 5. The van der Waals surface area contributed by atoms with Crippen LogP contribution in [0.5, 0.6) is 0 Å². The van der Waals surface area contributed by atoms with Crippen LogP contribution in [-0.4, -0.2) is 9.13 Å². The van der Waals surface area contributed by atoms with Gasteiger partial charge >= 0.3 is 0 Å². The molecule has 2 aromatic heterocycles. The van der Waals surface area contributed by atoms with Crippen LogP contribution >= 0.6 is 0 Å². The van der Waals surface area contributed by atoms with Gasteiger partial charge in [-0.25, -0.2) is 0 Å². The maximum absolute atomic E-state index is 11.4. The second-order valence-corrected chi connectivity index (χ2v) is 14.9. The lowest BCUT2D eigenvalue weighted by molar-refractivity contribution is 1.16. The Labute approximate surface area is 348 Å². The number of nitriles is 1. The Morgan fingerprint density at radius 2 is 0.733 bits per heavy atom. The van der Waals surface area contributed by atoms with Crippen molar-refractivity contribution in [1.29, 1.82) is 5.26 Å². The van der Waals surface area contributed by atoms with Gasteiger partial charge in [0.1, 0.15) is 6.07 Å². The van der Waals surface area contributed by atoms with Gasteiger partial charge < -0.3 is 18.9 Å². The number of rotatable bonds is 8. The normalized spacial score (nSPS) is 11.3. The Kier molecular flexibility index (Phi) is 8.46. The van der Waals surface area contributed by atoms with Crippen LogP contribution in [0, 0.1) is 11.3 Å². The summed E-state index contributed by atoms with van der Waals surface area (Å²) in [6.45, 7) is 0. The molecule has 5 heteroatoms. The fourth-order valence-corrected chi connectivity index (χ4v) is 8.97. The van der Waals surface area contributed by atoms with E-state index in [4.69, 9.17) is 0 Å². The number of benzene rings is 9. The third-order valence-corrected chi connectivity index (χ3v) is 11.5. The molecule has 0 amide bonds. The average molecular weight is 768 g/mol. The van der Waals surface area contributed by atoms with E-state index in [-0.39, 0.29) is 0 Å². The van der Waals surface area contributed by atoms with Gasteiger partial charge in [-0.05, 0) is 103 Å². The molecule has 0 saturated heterocycles. The van der Waals surface area contributed by atoms with Crippen molar-refractivity contribution in [3.05, 3.63) is 230 Å². The summed E-state index contributed by atoms with van der Waals surface area (Å²) in [4.78, 5) is 4.56. The molecule has 0 aliphatic heterocycles. The molecule has 0 N–H and O–H groups in total. The van der Waals surface area contributed by atoms with E-state index in [1.54, 1.807) is 0 Å². The number of fused-ring (bicyclic) bond motifs is 6. The highest BCUT2D eigenvalue weighted by Crippen LogP contribution is 2.44. The number of aromatic nitrogens is 2. The van der Waals surface area contributed by atoms with Crippen LogP contribution < -0.4 is 9.80 Å². The summed E-state index contributed by atoms with van der Waals surface area (Å²) < 4.78 is 4.61. The lowest BCUT2D eigenvalue weighted by Gasteiger charge is -2.26. The molecule has 9 aromatic carbocycles. The van der Waals surface area contributed by atoms with Gasteiger partial charge in [0.05, 0.1) is 27.6 Å². The van der Waals surface area contributed by atoms with E-state index >= 15 is 0 Å². The van der Waals surface area contributed by atoms with E-state index < -0.39 is 0 Å². The summed E-state index contributed by atoms with van der Waals surface area (Å²) in [5.41, 5.74) is 12.9. The molecule has 0 spiro atoms. The monoisotopic (exact) mass is 767 g/mol. The molecule has 0 fully saturated rings. The standard InChI is InChI=1S/C55H37N5/c56-38-50-54-48-32-14-16-34-52(48)59(45-29-17-27-43(35-45)57(39-19-5-1-6-20-39)40-21-7-2-8-22-40)53(54)37-49-47-31-13-15-33-51(47)60(55(49)50)46-30-18-28-44(36-46)58(41-23-9-3-10-24-41)42-25-11-4-12-26-42/h1-37H. The minimum atomic E-state index is 0.647. The molecule has 282 valence electrons. The van der Waals surface area contributed by atoms with Crippen LogP contribution in [0.3, 0.4) is 0 Å². The molecule has 11 rings (SSSR count). The Balaban J connectivity index is 1.16. The first-order valence-corrected chi connectivity index (χ1v) is 20.2. The Morgan fingerprint density at radius 1 is 0.333 bits per heavy atom. The Bertz CT molecular complexity index is 3300. The highest BCUT2D eigenvalue weighted by molar-refractivity contribution is 6.22. The predicted molar refractivity (Wildman–Crippen MR) is 249 cm³/mol. The average Bonchev–Trinajstić information content (AvgIpc) is 3.83. The molecule has 0 bridgehead atoms. The summed E-state index contributed by atoms with van der Waals surface area (Å²) in [6, 6.07) is 81.3.